The molecule has 0 bridgehead atoms. The molecule has 0 fully saturated rings. The first-order valence-electron chi connectivity index (χ1n) is 6.05. The van der Waals surface area contributed by atoms with Crippen LogP contribution in [0, 0.1) is 0 Å². The molecule has 0 amide bonds. The lowest BCUT2D eigenvalue weighted by molar-refractivity contribution is 0.850. The van der Waals surface area contributed by atoms with Gasteiger partial charge in [-0.05, 0) is 12.1 Å². The van der Waals surface area contributed by atoms with Gasteiger partial charge in [0.15, 0.2) is 10.8 Å². The summed E-state index contributed by atoms with van der Waals surface area (Å²) in [4.78, 5) is 12.0. The van der Waals surface area contributed by atoms with E-state index >= 15 is 0 Å². The van der Waals surface area contributed by atoms with E-state index in [1.54, 1.807) is 17.5 Å². The zero-order chi connectivity index (χ0) is 13.2. The molecule has 3 rings (SSSR count). The summed E-state index contributed by atoms with van der Waals surface area (Å²) in [5, 5.41) is 2.02. The van der Waals surface area contributed by atoms with Gasteiger partial charge in [0.1, 0.15) is 0 Å². The Morgan fingerprint density at radius 3 is 3.05 bits per heavy atom. The maximum atomic E-state index is 5.85. The third-order valence-electron chi connectivity index (χ3n) is 3.02. The van der Waals surface area contributed by atoms with E-state index in [2.05, 4.69) is 19.3 Å². The Labute approximate surface area is 115 Å². The summed E-state index contributed by atoms with van der Waals surface area (Å²) in [6, 6.07) is 5.92. The van der Waals surface area contributed by atoms with Crippen LogP contribution >= 0.6 is 11.3 Å². The van der Waals surface area contributed by atoms with Crippen LogP contribution < -0.4 is 10.6 Å². The molecule has 0 atom stereocenters. The molecule has 0 spiro atoms. The molecule has 98 valence electrons. The highest BCUT2D eigenvalue weighted by Crippen LogP contribution is 2.24. The van der Waals surface area contributed by atoms with Crippen molar-refractivity contribution in [3.8, 4) is 0 Å². The van der Waals surface area contributed by atoms with Crippen molar-refractivity contribution >= 4 is 22.1 Å². The minimum atomic E-state index is 0.472. The van der Waals surface area contributed by atoms with Crippen molar-refractivity contribution in [2.75, 3.05) is 11.9 Å². The third-order valence-corrected chi connectivity index (χ3v) is 3.78. The van der Waals surface area contributed by atoms with Crippen molar-refractivity contribution in [2.45, 2.75) is 13.1 Å². The Kier molecular flexibility index (Phi) is 3.18. The Morgan fingerprint density at radius 1 is 1.42 bits per heavy atom. The van der Waals surface area contributed by atoms with E-state index in [4.69, 9.17) is 5.73 Å². The molecule has 6 heteroatoms. The van der Waals surface area contributed by atoms with Crippen LogP contribution in [0.15, 0.2) is 36.0 Å². The van der Waals surface area contributed by atoms with E-state index in [1.807, 2.05) is 36.8 Å². The van der Waals surface area contributed by atoms with Gasteiger partial charge in [0, 0.05) is 31.4 Å². The number of nitrogens with zero attached hydrogens (tertiary/aromatic N) is 4. The number of thiazole rings is 1. The first-order valence-corrected chi connectivity index (χ1v) is 6.93. The van der Waals surface area contributed by atoms with Crippen molar-refractivity contribution < 1.29 is 0 Å². The Bertz CT molecular complexity index is 673. The highest BCUT2D eigenvalue weighted by atomic mass is 32.1. The summed E-state index contributed by atoms with van der Waals surface area (Å²) in [6.07, 6.45) is 3.81. The highest BCUT2D eigenvalue weighted by Gasteiger charge is 2.15. The minimum absolute atomic E-state index is 0.472. The molecule has 5 nitrogen and oxygen atoms in total. The van der Waals surface area contributed by atoms with Gasteiger partial charge in [-0.1, -0.05) is 6.07 Å². The maximum Gasteiger partial charge on any atom is 0.195 e. The summed E-state index contributed by atoms with van der Waals surface area (Å²) < 4.78 is 2.05. The van der Waals surface area contributed by atoms with E-state index in [-0.39, 0.29) is 0 Å². The number of anilines is 1. The standard InChI is InChI=1S/C13H15N5S/c1-17(9-10-4-2-3-5-15-10)12-11(8-14)18-6-7-19-13(18)16-12/h2-7H,8-9,14H2,1H3. The zero-order valence-corrected chi connectivity index (χ0v) is 11.5. The van der Waals surface area contributed by atoms with Gasteiger partial charge in [-0.15, -0.1) is 11.3 Å². The number of pyridine rings is 1. The van der Waals surface area contributed by atoms with Crippen LogP contribution in [0.5, 0.6) is 0 Å². The van der Waals surface area contributed by atoms with Crippen molar-refractivity contribution in [2.24, 2.45) is 5.73 Å². The van der Waals surface area contributed by atoms with Gasteiger partial charge in [-0.2, -0.15) is 0 Å². The first-order chi connectivity index (χ1) is 9.29. The predicted octanol–water partition coefficient (Wildman–Crippen LogP) is 1.89. The van der Waals surface area contributed by atoms with Crippen LogP contribution in [0.3, 0.4) is 0 Å². The van der Waals surface area contributed by atoms with Gasteiger partial charge in [0.25, 0.3) is 0 Å². The van der Waals surface area contributed by atoms with Gasteiger partial charge in [0.05, 0.1) is 17.9 Å². The summed E-state index contributed by atoms with van der Waals surface area (Å²) in [6.45, 7) is 1.19. The summed E-state index contributed by atoms with van der Waals surface area (Å²) >= 11 is 1.62. The largest absolute Gasteiger partial charge is 0.352 e. The van der Waals surface area contributed by atoms with Crippen molar-refractivity contribution in [1.29, 1.82) is 0 Å². The lowest BCUT2D eigenvalue weighted by atomic mass is 10.3. The van der Waals surface area contributed by atoms with E-state index in [0.29, 0.717) is 6.54 Å². The smallest absolute Gasteiger partial charge is 0.195 e. The number of fused-ring (bicyclic) bond motifs is 1. The van der Waals surface area contributed by atoms with Crippen LogP contribution in [-0.2, 0) is 13.1 Å². The van der Waals surface area contributed by atoms with Crippen molar-refractivity contribution in [1.82, 2.24) is 14.4 Å². The topological polar surface area (TPSA) is 59.5 Å². The van der Waals surface area contributed by atoms with E-state index in [0.717, 1.165) is 28.7 Å². The fourth-order valence-corrected chi connectivity index (χ4v) is 2.85. The van der Waals surface area contributed by atoms with Crippen LogP contribution in [0.25, 0.3) is 4.96 Å². The second-order valence-electron chi connectivity index (χ2n) is 4.32. The third kappa shape index (κ3) is 2.20. The van der Waals surface area contributed by atoms with E-state index < -0.39 is 0 Å². The Hall–Kier alpha value is -1.92. The second-order valence-corrected chi connectivity index (χ2v) is 5.19. The molecule has 3 aromatic rings. The molecule has 0 aliphatic heterocycles. The van der Waals surface area contributed by atoms with Gasteiger partial charge >= 0.3 is 0 Å². The molecule has 0 unspecified atom stereocenters. The SMILES string of the molecule is CN(Cc1ccccn1)c1nc2sccn2c1CN. The molecular formula is C13H15N5S. The molecule has 0 radical (unpaired) electrons. The quantitative estimate of drug-likeness (QED) is 0.788. The molecule has 0 aliphatic carbocycles. The molecule has 0 saturated carbocycles. The molecule has 2 N–H and O–H groups in total. The number of nitrogens with two attached hydrogens (primary N) is 1. The van der Waals surface area contributed by atoms with Crippen molar-refractivity contribution in [3.63, 3.8) is 0 Å². The number of aromatic nitrogens is 3. The monoisotopic (exact) mass is 273 g/mol. The number of imidazole rings is 1. The van der Waals surface area contributed by atoms with E-state index in [1.165, 1.54) is 0 Å². The molecule has 19 heavy (non-hydrogen) atoms. The summed E-state index contributed by atoms with van der Waals surface area (Å²) in [7, 11) is 2.01. The Balaban J connectivity index is 1.92. The van der Waals surface area contributed by atoms with Gasteiger partial charge in [0.2, 0.25) is 0 Å². The molecule has 3 aromatic heterocycles. The van der Waals surface area contributed by atoms with E-state index in [9.17, 15) is 0 Å². The zero-order valence-electron chi connectivity index (χ0n) is 10.7. The van der Waals surface area contributed by atoms with Gasteiger partial charge < -0.3 is 10.6 Å². The summed E-state index contributed by atoms with van der Waals surface area (Å²) in [5.41, 5.74) is 7.91. The first kappa shape index (κ1) is 12.1. The number of hydrogen-bond donors (Lipinski definition) is 1. The average Bonchev–Trinajstić information content (AvgIpc) is 2.99. The second kappa shape index (κ2) is 4.99. The molecule has 0 aliphatic rings. The fourth-order valence-electron chi connectivity index (χ4n) is 2.13. The van der Waals surface area contributed by atoms with Crippen molar-refractivity contribution in [3.05, 3.63) is 47.4 Å². The summed E-state index contributed by atoms with van der Waals surface area (Å²) in [5.74, 6) is 0.931. The number of hydrogen-bond acceptors (Lipinski definition) is 5. The molecule has 0 aromatic carbocycles. The molecular weight excluding hydrogens is 258 g/mol. The van der Waals surface area contributed by atoms with Crippen LogP contribution in [0.1, 0.15) is 11.4 Å². The van der Waals surface area contributed by atoms with Crippen LogP contribution in [-0.4, -0.2) is 21.4 Å². The van der Waals surface area contributed by atoms with Crippen LogP contribution in [0.2, 0.25) is 0 Å². The highest BCUT2D eigenvalue weighted by molar-refractivity contribution is 7.15. The lowest BCUT2D eigenvalue weighted by Crippen LogP contribution is -2.20. The average molecular weight is 273 g/mol. The van der Waals surface area contributed by atoms with Gasteiger partial charge in [-0.25, -0.2) is 4.98 Å². The normalized spacial score (nSPS) is 11.1. The molecule has 3 heterocycles. The number of rotatable bonds is 4. The van der Waals surface area contributed by atoms with Crippen LogP contribution in [0.4, 0.5) is 5.82 Å². The predicted molar refractivity (Wildman–Crippen MR) is 77.3 cm³/mol. The maximum absolute atomic E-state index is 5.85. The Morgan fingerprint density at radius 2 is 2.32 bits per heavy atom. The molecule has 0 saturated heterocycles. The lowest BCUT2D eigenvalue weighted by Gasteiger charge is -2.17. The minimum Gasteiger partial charge on any atom is -0.352 e. The fraction of sp³-hybridized carbons (Fsp3) is 0.231. The van der Waals surface area contributed by atoms with Gasteiger partial charge in [-0.3, -0.25) is 9.38 Å².